The number of halogens is 1. The smallest absolute Gasteiger partial charge is 0.222 e. The monoisotopic (exact) mass is 358 g/mol. The Morgan fingerprint density at radius 3 is 2.92 bits per heavy atom. The van der Waals surface area contributed by atoms with Crippen molar-refractivity contribution in [3.63, 3.8) is 0 Å². The van der Waals surface area contributed by atoms with Crippen molar-refractivity contribution in [3.05, 3.63) is 46.2 Å². The number of nitrogens with zero attached hydrogens (tertiary/aromatic N) is 4. The lowest BCUT2D eigenvalue weighted by atomic mass is 10.1. The van der Waals surface area contributed by atoms with E-state index in [0.29, 0.717) is 12.3 Å². The molecule has 5 nitrogen and oxygen atoms in total. The highest BCUT2D eigenvalue weighted by Gasteiger charge is 2.31. The summed E-state index contributed by atoms with van der Waals surface area (Å²) in [6.07, 6.45) is 6.80. The lowest BCUT2D eigenvalue weighted by molar-refractivity contribution is -0.130. The molecule has 0 N–H and O–H groups in total. The van der Waals surface area contributed by atoms with E-state index in [9.17, 15) is 4.79 Å². The van der Waals surface area contributed by atoms with Gasteiger partial charge in [-0.25, -0.2) is 4.68 Å². The predicted octanol–water partition coefficient (Wildman–Crippen LogP) is 3.52. The first-order chi connectivity index (χ1) is 12.1. The van der Waals surface area contributed by atoms with Crippen LogP contribution in [-0.4, -0.2) is 38.9 Å². The molecule has 0 radical (unpaired) electrons. The summed E-state index contributed by atoms with van der Waals surface area (Å²) in [5.41, 5.74) is 3.34. The summed E-state index contributed by atoms with van der Waals surface area (Å²) in [5, 5.41) is 9.34. The van der Waals surface area contributed by atoms with E-state index in [2.05, 4.69) is 22.6 Å². The van der Waals surface area contributed by atoms with Crippen LogP contribution in [0.5, 0.6) is 0 Å². The molecule has 25 heavy (non-hydrogen) atoms. The Kier molecular flexibility index (Phi) is 4.50. The van der Waals surface area contributed by atoms with Crippen LogP contribution >= 0.6 is 11.6 Å². The molecule has 2 aliphatic rings. The van der Waals surface area contributed by atoms with Crippen molar-refractivity contribution in [1.82, 2.24) is 19.9 Å². The van der Waals surface area contributed by atoms with Crippen LogP contribution in [0.25, 0.3) is 0 Å². The van der Waals surface area contributed by atoms with Gasteiger partial charge in [-0.1, -0.05) is 28.9 Å². The Hall–Kier alpha value is -1.88. The van der Waals surface area contributed by atoms with Gasteiger partial charge in [-0.15, -0.1) is 5.10 Å². The number of hydrogen-bond donors (Lipinski definition) is 0. The van der Waals surface area contributed by atoms with E-state index in [-0.39, 0.29) is 11.9 Å². The standard InChI is InChI=1S/C19H23ClN4O/c1-13-10-14(2-6-17(13)20)3-7-19(25)23-9-8-16(11-23)24-12-18(21-22-24)15-4-5-15/h2,6,10,12,15-16H,3-5,7-9,11H2,1H3. The molecule has 1 aromatic carbocycles. The van der Waals surface area contributed by atoms with Crippen LogP contribution in [0, 0.1) is 6.92 Å². The Bertz CT molecular complexity index is 783. The van der Waals surface area contributed by atoms with E-state index in [1.165, 1.54) is 12.8 Å². The molecule has 0 spiro atoms. The quantitative estimate of drug-likeness (QED) is 0.821. The van der Waals surface area contributed by atoms with E-state index < -0.39 is 0 Å². The minimum Gasteiger partial charge on any atom is -0.340 e. The van der Waals surface area contributed by atoms with Crippen LogP contribution in [0.4, 0.5) is 0 Å². The summed E-state index contributed by atoms with van der Waals surface area (Å²) in [6, 6.07) is 6.24. The molecule has 2 heterocycles. The van der Waals surface area contributed by atoms with Gasteiger partial charge in [0.25, 0.3) is 0 Å². The van der Waals surface area contributed by atoms with Crippen molar-refractivity contribution in [3.8, 4) is 0 Å². The second-order valence-electron chi connectivity index (χ2n) is 7.26. The fourth-order valence-electron chi connectivity index (χ4n) is 3.49. The van der Waals surface area contributed by atoms with Gasteiger partial charge in [0.15, 0.2) is 0 Å². The van der Waals surface area contributed by atoms with Gasteiger partial charge in [0.05, 0.1) is 11.7 Å². The van der Waals surface area contributed by atoms with Crippen LogP contribution in [0.3, 0.4) is 0 Å². The number of aryl methyl sites for hydroxylation is 2. The summed E-state index contributed by atoms with van der Waals surface area (Å²) < 4.78 is 1.96. The van der Waals surface area contributed by atoms with Crippen LogP contribution < -0.4 is 0 Å². The maximum atomic E-state index is 12.5. The lowest BCUT2D eigenvalue weighted by Gasteiger charge is -2.16. The molecule has 0 bridgehead atoms. The molecule has 1 unspecified atom stereocenters. The first-order valence-electron chi connectivity index (χ1n) is 9.04. The summed E-state index contributed by atoms with van der Waals surface area (Å²) >= 11 is 6.06. The normalized spacial score (nSPS) is 20.2. The highest BCUT2D eigenvalue weighted by atomic mass is 35.5. The summed E-state index contributed by atoms with van der Waals surface area (Å²) in [5.74, 6) is 0.841. The number of aromatic nitrogens is 3. The highest BCUT2D eigenvalue weighted by Crippen LogP contribution is 2.39. The second-order valence-corrected chi connectivity index (χ2v) is 7.67. The third-order valence-electron chi connectivity index (χ3n) is 5.26. The third-order valence-corrected chi connectivity index (χ3v) is 5.69. The third kappa shape index (κ3) is 3.71. The van der Waals surface area contributed by atoms with E-state index in [1.807, 2.05) is 28.6 Å². The van der Waals surface area contributed by atoms with Gasteiger partial charge >= 0.3 is 0 Å². The number of likely N-dealkylation sites (tertiary alicyclic amines) is 1. The second kappa shape index (κ2) is 6.79. The Labute approximate surface area is 153 Å². The van der Waals surface area contributed by atoms with Crippen molar-refractivity contribution in [2.75, 3.05) is 13.1 Å². The van der Waals surface area contributed by atoms with Gasteiger partial charge in [-0.3, -0.25) is 4.79 Å². The topological polar surface area (TPSA) is 51.0 Å². The van der Waals surface area contributed by atoms with E-state index in [0.717, 1.165) is 47.8 Å². The van der Waals surface area contributed by atoms with Gasteiger partial charge in [-0.05, 0) is 49.8 Å². The minimum atomic E-state index is 0.220. The average molecular weight is 359 g/mol. The molecule has 2 aromatic rings. The molecule has 2 fully saturated rings. The number of rotatable bonds is 5. The molecule has 1 amide bonds. The van der Waals surface area contributed by atoms with E-state index in [1.54, 1.807) is 0 Å². The van der Waals surface area contributed by atoms with Gasteiger partial charge < -0.3 is 4.90 Å². The Morgan fingerprint density at radius 1 is 1.32 bits per heavy atom. The molecule has 6 heteroatoms. The minimum absolute atomic E-state index is 0.220. The average Bonchev–Trinajstić information content (AvgIpc) is 3.13. The van der Waals surface area contributed by atoms with Crippen molar-refractivity contribution in [2.24, 2.45) is 0 Å². The van der Waals surface area contributed by atoms with Crippen molar-refractivity contribution in [2.45, 2.75) is 51.0 Å². The largest absolute Gasteiger partial charge is 0.340 e. The summed E-state index contributed by atoms with van der Waals surface area (Å²) in [4.78, 5) is 14.5. The van der Waals surface area contributed by atoms with Crippen LogP contribution in [0.2, 0.25) is 5.02 Å². The maximum absolute atomic E-state index is 12.5. The lowest BCUT2D eigenvalue weighted by Crippen LogP contribution is -2.29. The first-order valence-corrected chi connectivity index (χ1v) is 9.42. The Balaban J connectivity index is 1.31. The first kappa shape index (κ1) is 16.6. The predicted molar refractivity (Wildman–Crippen MR) is 96.7 cm³/mol. The molecule has 1 aromatic heterocycles. The Morgan fingerprint density at radius 2 is 2.16 bits per heavy atom. The van der Waals surface area contributed by atoms with Crippen LogP contribution in [0.15, 0.2) is 24.4 Å². The van der Waals surface area contributed by atoms with Crippen molar-refractivity contribution >= 4 is 17.5 Å². The van der Waals surface area contributed by atoms with Crippen molar-refractivity contribution in [1.29, 1.82) is 0 Å². The number of benzene rings is 1. The fourth-order valence-corrected chi connectivity index (χ4v) is 3.61. The molecular weight excluding hydrogens is 336 g/mol. The van der Waals surface area contributed by atoms with Gasteiger partial charge in [0, 0.05) is 36.6 Å². The summed E-state index contributed by atoms with van der Waals surface area (Å²) in [6.45, 7) is 3.54. The zero-order valence-corrected chi connectivity index (χ0v) is 15.2. The fraction of sp³-hybridized carbons (Fsp3) is 0.526. The van der Waals surface area contributed by atoms with Crippen LogP contribution in [-0.2, 0) is 11.2 Å². The molecule has 1 saturated heterocycles. The number of amides is 1. The molecule has 1 aliphatic carbocycles. The van der Waals surface area contributed by atoms with Crippen LogP contribution in [0.1, 0.15) is 54.5 Å². The zero-order valence-electron chi connectivity index (χ0n) is 14.5. The number of hydrogen-bond acceptors (Lipinski definition) is 3. The van der Waals surface area contributed by atoms with E-state index in [4.69, 9.17) is 11.6 Å². The summed E-state index contributed by atoms with van der Waals surface area (Å²) in [7, 11) is 0. The molecule has 1 saturated carbocycles. The van der Waals surface area contributed by atoms with Gasteiger partial charge in [0.2, 0.25) is 5.91 Å². The molecule has 132 valence electrons. The molecule has 1 aliphatic heterocycles. The molecule has 4 rings (SSSR count). The van der Waals surface area contributed by atoms with Crippen molar-refractivity contribution < 1.29 is 4.79 Å². The van der Waals surface area contributed by atoms with E-state index >= 15 is 0 Å². The van der Waals surface area contributed by atoms with Gasteiger partial charge in [-0.2, -0.15) is 0 Å². The number of carbonyl (C=O) groups excluding carboxylic acids is 1. The SMILES string of the molecule is Cc1cc(CCC(=O)N2CCC(n3cc(C4CC4)nn3)C2)ccc1Cl. The molecular formula is C19H23ClN4O. The highest BCUT2D eigenvalue weighted by molar-refractivity contribution is 6.31. The number of carbonyl (C=O) groups is 1. The van der Waals surface area contributed by atoms with Gasteiger partial charge in [0.1, 0.15) is 0 Å². The molecule has 1 atom stereocenters. The maximum Gasteiger partial charge on any atom is 0.222 e. The zero-order chi connectivity index (χ0) is 17.4.